The van der Waals surface area contributed by atoms with Gasteiger partial charge in [0.05, 0.1) is 6.42 Å². The van der Waals surface area contributed by atoms with Crippen LogP contribution in [-0.2, 0) is 0 Å². The molecule has 13 heteroatoms. The van der Waals surface area contributed by atoms with Crippen molar-refractivity contribution in [2.45, 2.75) is 48.1 Å². The van der Waals surface area contributed by atoms with Crippen LogP contribution < -0.4 is 0 Å². The van der Waals surface area contributed by atoms with E-state index in [9.17, 15) is 57.1 Å². The van der Waals surface area contributed by atoms with Crippen molar-refractivity contribution in [3.8, 4) is 0 Å². The Morgan fingerprint density at radius 2 is 0.857 bits per heavy atom. The molecule has 1 unspecified atom stereocenters. The molecule has 1 aliphatic rings. The molecule has 0 radical (unpaired) electrons. The maximum Gasteiger partial charge on any atom is 0.384 e. The fourth-order valence-electron chi connectivity index (χ4n) is 1.51. The number of alkyl halides is 13. The second kappa shape index (κ2) is 4.09. The molecule has 0 bridgehead atoms. The van der Waals surface area contributed by atoms with Crippen LogP contribution in [-0.4, -0.2) is 41.7 Å². The summed E-state index contributed by atoms with van der Waals surface area (Å²) in [6.45, 7) is 0. The molecule has 0 amide bonds. The van der Waals surface area contributed by atoms with E-state index in [1.807, 2.05) is 0 Å². The fraction of sp³-hybridized carbons (Fsp3) is 1.00. The smallest absolute Gasteiger partial charge is 0.240 e. The lowest BCUT2D eigenvalue weighted by atomic mass is 9.83. The minimum absolute atomic E-state index is 3.49. The summed E-state index contributed by atoms with van der Waals surface area (Å²) in [6.07, 6.45) is -8.40. The zero-order chi connectivity index (χ0) is 17.3. The highest BCUT2D eigenvalue weighted by molar-refractivity contribution is 5.16. The van der Waals surface area contributed by atoms with Gasteiger partial charge in [-0.2, -0.15) is 52.7 Å². The third-order valence-electron chi connectivity index (χ3n) is 2.89. The van der Waals surface area contributed by atoms with Crippen molar-refractivity contribution in [3.63, 3.8) is 0 Å². The SMILES string of the molecule is FC1CC(F)(F)C(F)(F)C(F)(F)C(F)(F)C(F)(F)C1(F)F. The molecule has 0 heterocycles. The fourth-order valence-corrected chi connectivity index (χ4v) is 1.51. The molecular weight excluding hydrogens is 343 g/mol. The van der Waals surface area contributed by atoms with Gasteiger partial charge in [-0.15, -0.1) is 0 Å². The summed E-state index contributed by atoms with van der Waals surface area (Å²) in [6, 6.07) is 0. The average Bonchev–Trinajstić information content (AvgIpc) is 2.25. The number of hydrogen-bond donors (Lipinski definition) is 0. The van der Waals surface area contributed by atoms with E-state index in [-0.39, 0.29) is 0 Å². The van der Waals surface area contributed by atoms with Crippen LogP contribution in [0.4, 0.5) is 57.1 Å². The third kappa shape index (κ3) is 1.84. The molecule has 0 spiro atoms. The minimum Gasteiger partial charge on any atom is -0.240 e. The Labute approximate surface area is 106 Å². The molecule has 126 valence electrons. The Kier molecular flexibility index (Phi) is 3.53. The zero-order valence-corrected chi connectivity index (χ0v) is 9.20. The van der Waals surface area contributed by atoms with E-state index in [0.29, 0.717) is 0 Å². The van der Waals surface area contributed by atoms with Gasteiger partial charge in [0.2, 0.25) is 0 Å². The van der Waals surface area contributed by atoms with Gasteiger partial charge in [0.1, 0.15) is 0 Å². The van der Waals surface area contributed by atoms with Crippen LogP contribution in [0.3, 0.4) is 0 Å². The highest BCUT2D eigenvalue weighted by Gasteiger charge is 2.92. The van der Waals surface area contributed by atoms with Gasteiger partial charge in [0, 0.05) is 0 Å². The van der Waals surface area contributed by atoms with Gasteiger partial charge in [-0.05, 0) is 0 Å². The van der Waals surface area contributed by atoms with E-state index in [1.54, 1.807) is 0 Å². The first-order chi connectivity index (χ1) is 8.88. The highest BCUT2D eigenvalue weighted by atomic mass is 19.4. The van der Waals surface area contributed by atoms with Crippen molar-refractivity contribution in [1.29, 1.82) is 0 Å². The normalized spacial score (nSPS) is 35.6. The Balaban J connectivity index is 3.71. The van der Waals surface area contributed by atoms with E-state index < -0.39 is 48.1 Å². The first kappa shape index (κ1) is 18.1. The molecule has 21 heavy (non-hydrogen) atoms. The van der Waals surface area contributed by atoms with Gasteiger partial charge in [0.15, 0.2) is 6.17 Å². The second-order valence-corrected chi connectivity index (χ2v) is 4.30. The number of rotatable bonds is 0. The Bertz CT molecular complexity index is 422. The van der Waals surface area contributed by atoms with Crippen LogP contribution in [0.15, 0.2) is 0 Å². The van der Waals surface area contributed by atoms with Gasteiger partial charge in [-0.1, -0.05) is 0 Å². The lowest BCUT2D eigenvalue weighted by molar-refractivity contribution is -0.444. The highest BCUT2D eigenvalue weighted by Crippen LogP contribution is 2.63. The molecule has 0 aromatic carbocycles. The molecule has 0 nitrogen and oxygen atoms in total. The summed E-state index contributed by atoms with van der Waals surface area (Å²) in [5, 5.41) is 0. The summed E-state index contributed by atoms with van der Waals surface area (Å²) >= 11 is 0. The maximum absolute atomic E-state index is 12.7. The van der Waals surface area contributed by atoms with E-state index >= 15 is 0 Å². The average molecular weight is 346 g/mol. The van der Waals surface area contributed by atoms with Gasteiger partial charge in [0.25, 0.3) is 0 Å². The molecule has 0 saturated heterocycles. The standard InChI is InChI=1S/C8H3F13/c9-2-1-3(10,11)5(14,15)7(18,19)8(20,21)6(16,17)4(2,12)13/h2H,1H2. The van der Waals surface area contributed by atoms with Crippen LogP contribution in [0.1, 0.15) is 6.42 Å². The van der Waals surface area contributed by atoms with E-state index in [0.717, 1.165) is 0 Å². The lowest BCUT2D eigenvalue weighted by Crippen LogP contribution is -2.74. The third-order valence-corrected chi connectivity index (χ3v) is 2.89. The van der Waals surface area contributed by atoms with Crippen molar-refractivity contribution < 1.29 is 57.1 Å². The molecule has 0 N–H and O–H groups in total. The van der Waals surface area contributed by atoms with Gasteiger partial charge >= 0.3 is 35.5 Å². The van der Waals surface area contributed by atoms with Crippen LogP contribution in [0.2, 0.25) is 0 Å². The van der Waals surface area contributed by atoms with Gasteiger partial charge in [-0.3, -0.25) is 0 Å². The van der Waals surface area contributed by atoms with Crippen molar-refractivity contribution in [3.05, 3.63) is 0 Å². The predicted octanol–water partition coefficient (Wildman–Crippen LogP) is 4.54. The van der Waals surface area contributed by atoms with E-state index in [4.69, 9.17) is 0 Å². The van der Waals surface area contributed by atoms with E-state index in [1.165, 1.54) is 0 Å². The second-order valence-electron chi connectivity index (χ2n) is 4.30. The Morgan fingerprint density at radius 1 is 0.524 bits per heavy atom. The van der Waals surface area contributed by atoms with E-state index in [2.05, 4.69) is 0 Å². The first-order valence-electron chi connectivity index (χ1n) is 4.79. The van der Waals surface area contributed by atoms with Gasteiger partial charge < -0.3 is 0 Å². The van der Waals surface area contributed by atoms with Crippen molar-refractivity contribution >= 4 is 0 Å². The molecule has 1 aliphatic carbocycles. The minimum atomic E-state index is -7.64. The molecule has 0 aliphatic heterocycles. The van der Waals surface area contributed by atoms with Crippen molar-refractivity contribution in [1.82, 2.24) is 0 Å². The first-order valence-corrected chi connectivity index (χ1v) is 4.79. The lowest BCUT2D eigenvalue weighted by Gasteiger charge is -2.45. The summed E-state index contributed by atoms with van der Waals surface area (Å²) in [4.78, 5) is 0. The number of hydrogen-bond acceptors (Lipinski definition) is 0. The Hall–Kier alpha value is -0.910. The molecule has 1 atom stereocenters. The molecule has 0 aromatic rings. The van der Waals surface area contributed by atoms with Crippen LogP contribution >= 0.6 is 0 Å². The monoisotopic (exact) mass is 346 g/mol. The van der Waals surface area contributed by atoms with Crippen LogP contribution in [0.25, 0.3) is 0 Å². The molecular formula is C8H3F13. The topological polar surface area (TPSA) is 0 Å². The Morgan fingerprint density at radius 3 is 1.24 bits per heavy atom. The molecule has 1 fully saturated rings. The van der Waals surface area contributed by atoms with Crippen LogP contribution in [0, 0.1) is 0 Å². The summed E-state index contributed by atoms with van der Waals surface area (Å²) in [5.74, 6) is -42.9. The number of halogens is 13. The van der Waals surface area contributed by atoms with Crippen LogP contribution in [0.5, 0.6) is 0 Å². The summed E-state index contributed by atoms with van der Waals surface area (Å²) in [5.41, 5.74) is 0. The molecule has 1 rings (SSSR count). The van der Waals surface area contributed by atoms with Gasteiger partial charge in [-0.25, -0.2) is 4.39 Å². The summed E-state index contributed by atoms with van der Waals surface area (Å²) < 4.78 is 166. The quantitative estimate of drug-likeness (QED) is 0.565. The maximum atomic E-state index is 12.7. The zero-order valence-electron chi connectivity index (χ0n) is 9.20. The largest absolute Gasteiger partial charge is 0.384 e. The molecule has 1 saturated carbocycles. The molecule has 0 aromatic heterocycles. The predicted molar refractivity (Wildman–Crippen MR) is 39.2 cm³/mol. The van der Waals surface area contributed by atoms with Crippen molar-refractivity contribution in [2.24, 2.45) is 0 Å². The summed E-state index contributed by atoms with van der Waals surface area (Å²) in [7, 11) is 0. The van der Waals surface area contributed by atoms with Crippen molar-refractivity contribution in [2.75, 3.05) is 0 Å².